The second-order valence-electron chi connectivity index (χ2n) is 7.06. The van der Waals surface area contributed by atoms with E-state index in [9.17, 15) is 9.59 Å². The van der Waals surface area contributed by atoms with E-state index in [1.165, 1.54) is 11.3 Å². The Balaban J connectivity index is 1.61. The first-order chi connectivity index (χ1) is 14.1. The lowest BCUT2D eigenvalue weighted by molar-refractivity contribution is -0.136. The number of carbonyl (C=O) groups is 2. The van der Waals surface area contributed by atoms with Gasteiger partial charge in [0.05, 0.1) is 0 Å². The van der Waals surface area contributed by atoms with Crippen LogP contribution in [0.5, 0.6) is 0 Å². The van der Waals surface area contributed by atoms with Crippen LogP contribution >= 0.6 is 22.9 Å². The van der Waals surface area contributed by atoms with Crippen LogP contribution in [0, 0.1) is 0 Å². The SMILES string of the molecule is O=C(CCc1nncs1)N1CCN2C(=O)c3ccccc3C12c1ccc(Cl)cc1. The predicted octanol–water partition coefficient (Wildman–Crippen LogP) is 3.32. The first kappa shape index (κ1) is 18.3. The minimum absolute atomic E-state index is 0.0119. The maximum Gasteiger partial charge on any atom is 0.256 e. The van der Waals surface area contributed by atoms with Crippen LogP contribution in [0.3, 0.4) is 0 Å². The number of hydrogen-bond donors (Lipinski definition) is 0. The second-order valence-corrected chi connectivity index (χ2v) is 8.41. The van der Waals surface area contributed by atoms with Crippen molar-refractivity contribution in [3.8, 4) is 0 Å². The highest BCUT2D eigenvalue weighted by molar-refractivity contribution is 7.09. The van der Waals surface area contributed by atoms with Gasteiger partial charge in [-0.05, 0) is 18.2 Å². The molecule has 2 amide bonds. The van der Waals surface area contributed by atoms with Crippen molar-refractivity contribution in [3.63, 3.8) is 0 Å². The number of benzene rings is 2. The Labute approximate surface area is 176 Å². The van der Waals surface area contributed by atoms with Gasteiger partial charge in [0, 0.05) is 47.6 Å². The summed E-state index contributed by atoms with van der Waals surface area (Å²) < 4.78 is 0. The molecule has 8 heteroatoms. The Kier molecular flexibility index (Phi) is 4.37. The molecule has 0 bridgehead atoms. The van der Waals surface area contributed by atoms with Gasteiger partial charge in [-0.15, -0.1) is 21.5 Å². The molecule has 2 aliphatic heterocycles. The Morgan fingerprint density at radius 3 is 2.69 bits per heavy atom. The average Bonchev–Trinajstić information content (AvgIpc) is 3.44. The molecule has 3 aromatic rings. The quantitative estimate of drug-likeness (QED) is 0.644. The van der Waals surface area contributed by atoms with Crippen molar-refractivity contribution in [2.45, 2.75) is 18.5 Å². The summed E-state index contributed by atoms with van der Waals surface area (Å²) in [6.07, 6.45) is 0.848. The van der Waals surface area contributed by atoms with Crippen molar-refractivity contribution in [1.29, 1.82) is 0 Å². The maximum atomic E-state index is 13.4. The fourth-order valence-corrected chi connectivity index (χ4v) is 5.09. The summed E-state index contributed by atoms with van der Waals surface area (Å²) in [4.78, 5) is 30.2. The lowest BCUT2D eigenvalue weighted by Gasteiger charge is -2.40. The van der Waals surface area contributed by atoms with Crippen molar-refractivity contribution >= 4 is 34.8 Å². The third-order valence-corrected chi connectivity index (χ3v) is 6.62. The van der Waals surface area contributed by atoms with Crippen LogP contribution in [0.15, 0.2) is 54.0 Å². The lowest BCUT2D eigenvalue weighted by atomic mass is 9.89. The summed E-state index contributed by atoms with van der Waals surface area (Å²) >= 11 is 7.56. The first-order valence-corrected chi connectivity index (χ1v) is 10.6. The third-order valence-electron chi connectivity index (χ3n) is 5.61. The van der Waals surface area contributed by atoms with E-state index in [1.807, 2.05) is 46.2 Å². The summed E-state index contributed by atoms with van der Waals surface area (Å²) in [6.45, 7) is 0.971. The molecule has 1 atom stereocenters. The van der Waals surface area contributed by atoms with Crippen LogP contribution in [-0.2, 0) is 16.9 Å². The number of amides is 2. The van der Waals surface area contributed by atoms with E-state index in [2.05, 4.69) is 10.2 Å². The summed E-state index contributed by atoms with van der Waals surface area (Å²) in [6, 6.07) is 15.0. The summed E-state index contributed by atoms with van der Waals surface area (Å²) in [7, 11) is 0. The van der Waals surface area contributed by atoms with Crippen LogP contribution < -0.4 is 0 Å². The van der Waals surface area contributed by atoms with Gasteiger partial charge in [-0.25, -0.2) is 0 Å². The zero-order chi connectivity index (χ0) is 20.0. The zero-order valence-electron chi connectivity index (χ0n) is 15.4. The molecule has 2 aromatic carbocycles. The van der Waals surface area contributed by atoms with Crippen LogP contribution in [0.2, 0.25) is 5.02 Å². The van der Waals surface area contributed by atoms with E-state index in [-0.39, 0.29) is 11.8 Å². The van der Waals surface area contributed by atoms with Gasteiger partial charge in [-0.1, -0.05) is 41.9 Å². The molecule has 1 saturated heterocycles. The van der Waals surface area contributed by atoms with Crippen molar-refractivity contribution in [2.75, 3.05) is 13.1 Å². The van der Waals surface area contributed by atoms with Gasteiger partial charge in [0.1, 0.15) is 10.5 Å². The molecule has 0 saturated carbocycles. The van der Waals surface area contributed by atoms with Gasteiger partial charge in [0.15, 0.2) is 5.66 Å². The van der Waals surface area contributed by atoms with Gasteiger partial charge >= 0.3 is 0 Å². The lowest BCUT2D eigenvalue weighted by Crippen LogP contribution is -2.51. The number of halogens is 1. The molecule has 146 valence electrons. The van der Waals surface area contributed by atoms with Crippen LogP contribution in [0.4, 0.5) is 0 Å². The number of carbonyl (C=O) groups excluding carboxylic acids is 2. The van der Waals surface area contributed by atoms with Crippen LogP contribution in [-0.4, -0.2) is 44.9 Å². The van der Waals surface area contributed by atoms with E-state index >= 15 is 0 Å². The van der Waals surface area contributed by atoms with Crippen molar-refractivity contribution in [2.24, 2.45) is 0 Å². The van der Waals surface area contributed by atoms with Crippen LogP contribution in [0.1, 0.15) is 32.9 Å². The highest BCUT2D eigenvalue weighted by Crippen LogP contribution is 2.49. The van der Waals surface area contributed by atoms with E-state index in [0.717, 1.165) is 16.1 Å². The molecule has 5 rings (SSSR count). The molecule has 0 N–H and O–H groups in total. The predicted molar refractivity (Wildman–Crippen MR) is 110 cm³/mol. The third kappa shape index (κ3) is 2.68. The summed E-state index contributed by atoms with van der Waals surface area (Å²) in [5.74, 6) is -0.0582. The first-order valence-electron chi connectivity index (χ1n) is 9.35. The van der Waals surface area contributed by atoms with Crippen LogP contribution in [0.25, 0.3) is 0 Å². The number of rotatable bonds is 4. The molecule has 2 aliphatic rings. The van der Waals surface area contributed by atoms with E-state index in [1.54, 1.807) is 17.6 Å². The number of nitrogens with zero attached hydrogens (tertiary/aromatic N) is 4. The van der Waals surface area contributed by atoms with Gasteiger partial charge in [-0.3, -0.25) is 9.59 Å². The average molecular weight is 425 g/mol. The molecular formula is C21H17ClN4O2S. The van der Waals surface area contributed by atoms with E-state index in [0.29, 0.717) is 36.5 Å². The zero-order valence-corrected chi connectivity index (χ0v) is 17.0. The monoisotopic (exact) mass is 424 g/mol. The number of aryl methyl sites for hydroxylation is 1. The van der Waals surface area contributed by atoms with Gasteiger partial charge in [0.25, 0.3) is 5.91 Å². The normalized spacial score (nSPS) is 20.1. The number of hydrogen-bond acceptors (Lipinski definition) is 5. The minimum atomic E-state index is -0.934. The smallest absolute Gasteiger partial charge is 0.256 e. The standard InChI is InChI=1S/C21H17ClN4O2S/c22-15-7-5-14(6-8-15)21-17-4-2-1-3-16(17)20(28)26(21)12-11-25(21)19(27)10-9-18-24-23-13-29-18/h1-8,13H,9-12H2. The maximum absolute atomic E-state index is 13.4. The Morgan fingerprint density at radius 2 is 1.93 bits per heavy atom. The number of aromatic nitrogens is 2. The highest BCUT2D eigenvalue weighted by Gasteiger charge is 2.59. The highest BCUT2D eigenvalue weighted by atomic mass is 35.5. The summed E-state index contributed by atoms with van der Waals surface area (Å²) in [5, 5.41) is 9.32. The molecule has 0 aliphatic carbocycles. The molecule has 0 spiro atoms. The molecule has 6 nitrogen and oxygen atoms in total. The molecule has 0 radical (unpaired) electrons. The van der Waals surface area contributed by atoms with E-state index < -0.39 is 5.66 Å². The van der Waals surface area contributed by atoms with Gasteiger partial charge in [0.2, 0.25) is 5.91 Å². The molecule has 1 fully saturated rings. The molecule has 3 heterocycles. The van der Waals surface area contributed by atoms with E-state index in [4.69, 9.17) is 11.6 Å². The molecule has 1 aromatic heterocycles. The second kappa shape index (κ2) is 6.93. The van der Waals surface area contributed by atoms with Crippen molar-refractivity contribution in [1.82, 2.24) is 20.0 Å². The largest absolute Gasteiger partial charge is 0.310 e. The van der Waals surface area contributed by atoms with Gasteiger partial charge < -0.3 is 9.80 Å². The van der Waals surface area contributed by atoms with Crippen molar-refractivity contribution < 1.29 is 9.59 Å². The topological polar surface area (TPSA) is 66.4 Å². The summed E-state index contributed by atoms with van der Waals surface area (Å²) in [5.41, 5.74) is 3.08. The Bertz CT molecular complexity index is 1090. The molecular weight excluding hydrogens is 408 g/mol. The fourth-order valence-electron chi connectivity index (χ4n) is 4.44. The van der Waals surface area contributed by atoms with Crippen molar-refractivity contribution in [3.05, 3.63) is 80.8 Å². The Hall–Kier alpha value is -2.77. The fraction of sp³-hybridized carbons (Fsp3) is 0.238. The molecule has 29 heavy (non-hydrogen) atoms. The minimum Gasteiger partial charge on any atom is -0.310 e. The number of fused-ring (bicyclic) bond motifs is 3. The molecule has 1 unspecified atom stereocenters. The Morgan fingerprint density at radius 1 is 1.14 bits per heavy atom. The van der Waals surface area contributed by atoms with Gasteiger partial charge in [-0.2, -0.15) is 0 Å².